The SMILES string of the molecule is CC(C)(CCO)NCC(O)COc1cccc2c1C(C)(C)CN2[O-]. The van der Waals surface area contributed by atoms with Crippen LogP contribution in [0.2, 0.25) is 0 Å². The molecule has 6 heteroatoms. The molecule has 3 N–H and O–H groups in total. The van der Waals surface area contributed by atoms with Crippen molar-refractivity contribution < 1.29 is 14.9 Å². The van der Waals surface area contributed by atoms with Crippen molar-refractivity contribution in [3.05, 3.63) is 29.0 Å². The molecule has 6 nitrogen and oxygen atoms in total. The smallest absolute Gasteiger partial charge is 0.125 e. The lowest BCUT2D eigenvalue weighted by Gasteiger charge is -2.27. The molecule has 136 valence electrons. The number of nitrogens with zero attached hydrogens (tertiary/aromatic N) is 1. The van der Waals surface area contributed by atoms with Crippen LogP contribution in [0, 0.1) is 5.21 Å². The first-order valence-electron chi connectivity index (χ1n) is 8.41. The molecule has 0 fully saturated rings. The summed E-state index contributed by atoms with van der Waals surface area (Å²) >= 11 is 0. The Hall–Kier alpha value is -1.34. The average molecular weight is 337 g/mol. The predicted molar refractivity (Wildman–Crippen MR) is 95.5 cm³/mol. The van der Waals surface area contributed by atoms with Crippen LogP contribution in [0.25, 0.3) is 0 Å². The molecule has 24 heavy (non-hydrogen) atoms. The van der Waals surface area contributed by atoms with Gasteiger partial charge in [0.25, 0.3) is 0 Å². The standard InChI is InChI=1S/C18H29N2O4/c1-17(2)12-20(23)14-6-5-7-15(16(14)17)24-11-13(22)10-19-18(3,4)8-9-21/h5-7,13,19,21-22H,8-12H2,1-4H3/q-1. The summed E-state index contributed by atoms with van der Waals surface area (Å²) in [7, 11) is 0. The molecule has 0 saturated carbocycles. The van der Waals surface area contributed by atoms with Crippen LogP contribution in [0.4, 0.5) is 5.69 Å². The number of fused-ring (bicyclic) bond motifs is 1. The van der Waals surface area contributed by atoms with Gasteiger partial charge >= 0.3 is 0 Å². The fraction of sp³-hybridized carbons (Fsp3) is 0.667. The third-order valence-corrected chi connectivity index (χ3v) is 4.47. The number of hydrogen-bond donors (Lipinski definition) is 3. The molecule has 1 aromatic carbocycles. The second kappa shape index (κ2) is 7.27. The second-order valence-electron chi connectivity index (χ2n) is 7.77. The van der Waals surface area contributed by atoms with Gasteiger partial charge in [-0.05, 0) is 32.4 Å². The summed E-state index contributed by atoms with van der Waals surface area (Å²) in [4.78, 5) is 0. The largest absolute Gasteiger partial charge is 0.758 e. The highest BCUT2D eigenvalue weighted by Crippen LogP contribution is 2.45. The number of benzene rings is 1. The zero-order valence-corrected chi connectivity index (χ0v) is 15.0. The molecule has 0 amide bonds. The summed E-state index contributed by atoms with van der Waals surface area (Å²) in [5, 5.41) is 35.4. The Labute approximate surface area is 144 Å². The van der Waals surface area contributed by atoms with Crippen molar-refractivity contribution >= 4 is 5.69 Å². The van der Waals surface area contributed by atoms with Crippen molar-refractivity contribution in [3.8, 4) is 5.75 Å². The van der Waals surface area contributed by atoms with Crippen molar-refractivity contribution in [2.75, 3.05) is 31.4 Å². The summed E-state index contributed by atoms with van der Waals surface area (Å²) in [6, 6.07) is 5.45. The number of anilines is 1. The van der Waals surface area contributed by atoms with Crippen LogP contribution in [-0.2, 0) is 5.41 Å². The minimum Gasteiger partial charge on any atom is -0.758 e. The van der Waals surface area contributed by atoms with Gasteiger partial charge in [-0.3, -0.25) is 0 Å². The van der Waals surface area contributed by atoms with E-state index in [4.69, 9.17) is 9.84 Å². The molecular formula is C18H29N2O4-. The number of hydroxylamine groups is 1. The zero-order valence-electron chi connectivity index (χ0n) is 15.0. The van der Waals surface area contributed by atoms with Crippen molar-refractivity contribution in [3.63, 3.8) is 0 Å². The lowest BCUT2D eigenvalue weighted by molar-refractivity contribution is 0.0952. The number of rotatable bonds is 8. The summed E-state index contributed by atoms with van der Waals surface area (Å²) in [6.07, 6.45) is -0.0630. The first kappa shape index (κ1) is 19.0. The van der Waals surface area contributed by atoms with Crippen LogP contribution in [-0.4, -0.2) is 48.2 Å². The van der Waals surface area contributed by atoms with Crippen molar-refractivity contribution in [1.82, 2.24) is 5.32 Å². The minimum absolute atomic E-state index is 0.101. The molecule has 0 aromatic heterocycles. The highest BCUT2D eigenvalue weighted by Gasteiger charge is 2.34. The van der Waals surface area contributed by atoms with E-state index in [0.717, 1.165) is 10.6 Å². The van der Waals surface area contributed by atoms with Gasteiger partial charge in [0.1, 0.15) is 18.5 Å². The molecule has 0 bridgehead atoms. The van der Waals surface area contributed by atoms with Gasteiger partial charge in [-0.2, -0.15) is 0 Å². The Morgan fingerprint density at radius 1 is 1.42 bits per heavy atom. The first-order chi connectivity index (χ1) is 11.2. The van der Waals surface area contributed by atoms with E-state index < -0.39 is 6.10 Å². The molecule has 1 aliphatic heterocycles. The molecule has 1 aromatic rings. The van der Waals surface area contributed by atoms with Crippen LogP contribution in [0.5, 0.6) is 5.75 Å². The monoisotopic (exact) mass is 337 g/mol. The number of ether oxygens (including phenoxy) is 1. The van der Waals surface area contributed by atoms with Gasteiger partial charge in [0.2, 0.25) is 0 Å². The fourth-order valence-corrected chi connectivity index (χ4v) is 3.06. The van der Waals surface area contributed by atoms with Crippen LogP contribution in [0.1, 0.15) is 39.7 Å². The van der Waals surface area contributed by atoms with Gasteiger partial charge in [-0.15, -0.1) is 0 Å². The highest BCUT2D eigenvalue weighted by atomic mass is 16.5. The number of aliphatic hydroxyl groups excluding tert-OH is 2. The molecule has 0 radical (unpaired) electrons. The molecule has 0 saturated heterocycles. The molecule has 1 atom stereocenters. The molecule has 0 aliphatic carbocycles. The van der Waals surface area contributed by atoms with E-state index in [-0.39, 0.29) is 24.2 Å². The Balaban J connectivity index is 1.96. The third-order valence-electron chi connectivity index (χ3n) is 4.47. The van der Waals surface area contributed by atoms with E-state index in [9.17, 15) is 10.3 Å². The van der Waals surface area contributed by atoms with E-state index >= 15 is 0 Å². The van der Waals surface area contributed by atoms with Crippen LogP contribution in [0.15, 0.2) is 18.2 Å². The summed E-state index contributed by atoms with van der Waals surface area (Å²) in [6.45, 7) is 9.02. The Morgan fingerprint density at radius 3 is 2.79 bits per heavy atom. The van der Waals surface area contributed by atoms with Crippen molar-refractivity contribution in [2.45, 2.75) is 51.2 Å². The van der Waals surface area contributed by atoms with Crippen LogP contribution >= 0.6 is 0 Å². The molecule has 1 heterocycles. The number of nitrogens with one attached hydrogen (secondary N) is 1. The molecule has 0 spiro atoms. The second-order valence-corrected chi connectivity index (χ2v) is 7.77. The summed E-state index contributed by atoms with van der Waals surface area (Å²) in [5.41, 5.74) is 1.03. The maximum Gasteiger partial charge on any atom is 0.125 e. The van der Waals surface area contributed by atoms with Gasteiger partial charge in [0.05, 0.1) is 0 Å². The van der Waals surface area contributed by atoms with Crippen LogP contribution < -0.4 is 15.1 Å². The maximum atomic E-state index is 12.0. The molecule has 1 unspecified atom stereocenters. The minimum atomic E-state index is -0.674. The van der Waals surface area contributed by atoms with E-state index in [1.54, 1.807) is 12.1 Å². The number of β-amino-alcohol motifs (C(OH)–C–C–N with tert-alkyl or cyclic N) is 1. The van der Waals surface area contributed by atoms with E-state index in [0.29, 0.717) is 30.9 Å². The number of hydrogen-bond acceptors (Lipinski definition) is 6. The molecule has 1 aliphatic rings. The quantitative estimate of drug-likeness (QED) is 0.670. The van der Waals surface area contributed by atoms with Gasteiger partial charge in [-0.1, -0.05) is 19.9 Å². The van der Waals surface area contributed by atoms with Crippen molar-refractivity contribution in [2.24, 2.45) is 0 Å². The Morgan fingerprint density at radius 2 is 2.12 bits per heavy atom. The third kappa shape index (κ3) is 4.39. The lowest BCUT2D eigenvalue weighted by Crippen LogP contribution is -2.45. The zero-order chi connectivity index (χ0) is 18.0. The Kier molecular flexibility index (Phi) is 5.75. The van der Waals surface area contributed by atoms with Crippen molar-refractivity contribution in [1.29, 1.82) is 0 Å². The predicted octanol–water partition coefficient (Wildman–Crippen LogP) is 1.77. The van der Waals surface area contributed by atoms with E-state index in [1.807, 2.05) is 33.8 Å². The van der Waals surface area contributed by atoms with Gasteiger partial charge < -0.3 is 30.5 Å². The normalized spacial score (nSPS) is 17.7. The van der Waals surface area contributed by atoms with E-state index in [1.165, 1.54) is 0 Å². The van der Waals surface area contributed by atoms with Crippen LogP contribution in [0.3, 0.4) is 0 Å². The topological polar surface area (TPSA) is 88.0 Å². The van der Waals surface area contributed by atoms with E-state index in [2.05, 4.69) is 5.32 Å². The van der Waals surface area contributed by atoms with Gasteiger partial charge in [0, 0.05) is 41.9 Å². The molecule has 2 rings (SSSR count). The highest BCUT2D eigenvalue weighted by molar-refractivity contribution is 5.67. The Bertz CT molecular complexity index is 560. The lowest BCUT2D eigenvalue weighted by atomic mass is 9.86. The molecular weight excluding hydrogens is 308 g/mol. The first-order valence-corrected chi connectivity index (χ1v) is 8.41. The number of aliphatic hydroxyl groups is 2. The summed E-state index contributed by atoms with van der Waals surface area (Å²) < 4.78 is 5.81. The maximum absolute atomic E-state index is 12.0. The van der Waals surface area contributed by atoms with Gasteiger partial charge in [-0.25, -0.2) is 0 Å². The average Bonchev–Trinajstić information content (AvgIpc) is 2.73. The fourth-order valence-electron chi connectivity index (χ4n) is 3.06. The van der Waals surface area contributed by atoms with Gasteiger partial charge in [0.15, 0.2) is 0 Å². The summed E-state index contributed by atoms with van der Waals surface area (Å²) in [5.74, 6) is 0.657.